The first-order valence-electron chi connectivity index (χ1n) is 13.5. The van der Waals surface area contributed by atoms with E-state index in [0.29, 0.717) is 62.5 Å². The maximum absolute atomic E-state index is 12.6. The second-order valence-corrected chi connectivity index (χ2v) is 11.5. The number of nitrogens with one attached hydrogen (secondary N) is 3. The normalized spacial score (nSPS) is 26.1. The van der Waals surface area contributed by atoms with Crippen LogP contribution in [0.1, 0.15) is 64.3 Å². The summed E-state index contributed by atoms with van der Waals surface area (Å²) in [6.45, 7) is 11.1. The van der Waals surface area contributed by atoms with E-state index in [9.17, 15) is 4.79 Å². The van der Waals surface area contributed by atoms with Crippen LogP contribution in [-0.4, -0.2) is 70.0 Å². The molecule has 3 heterocycles. The number of benzene rings is 1. The van der Waals surface area contributed by atoms with Gasteiger partial charge in [-0.05, 0) is 58.4 Å². The molecule has 10 heteroatoms. The zero-order valence-electron chi connectivity index (χ0n) is 22.4. The van der Waals surface area contributed by atoms with Crippen molar-refractivity contribution >= 4 is 17.7 Å². The molecule has 10 nitrogen and oxygen atoms in total. The molecule has 3 fully saturated rings. The van der Waals surface area contributed by atoms with Gasteiger partial charge in [0.15, 0.2) is 17.5 Å². The Kier molecular flexibility index (Phi) is 7.48. The van der Waals surface area contributed by atoms with Gasteiger partial charge < -0.3 is 19.9 Å². The van der Waals surface area contributed by atoms with Crippen LogP contribution in [0.25, 0.3) is 0 Å². The van der Waals surface area contributed by atoms with Gasteiger partial charge in [-0.2, -0.15) is 0 Å². The lowest BCUT2D eigenvalue weighted by Gasteiger charge is -2.37. The van der Waals surface area contributed by atoms with Gasteiger partial charge >= 0.3 is 6.09 Å². The molecule has 1 saturated carbocycles. The SMILES string of the molecule is CC1NNC2CCC(c3nnc(NCc4ccccc4)c(N4CCN(C(=O)OC(C)(C)C)CC4)n3)CC12. The van der Waals surface area contributed by atoms with E-state index in [1.807, 2.05) is 39.0 Å². The molecule has 1 amide bonds. The highest BCUT2D eigenvalue weighted by Crippen LogP contribution is 2.39. The minimum Gasteiger partial charge on any atom is -0.444 e. The molecule has 5 rings (SSSR count). The van der Waals surface area contributed by atoms with E-state index in [-0.39, 0.29) is 6.09 Å². The Morgan fingerprint density at radius 3 is 2.57 bits per heavy atom. The quantitative estimate of drug-likeness (QED) is 0.561. The van der Waals surface area contributed by atoms with Crippen LogP contribution in [0.3, 0.4) is 0 Å². The van der Waals surface area contributed by atoms with Crippen molar-refractivity contribution in [3.63, 3.8) is 0 Å². The van der Waals surface area contributed by atoms with E-state index in [1.165, 1.54) is 5.56 Å². The van der Waals surface area contributed by atoms with Crippen LogP contribution in [0, 0.1) is 5.92 Å². The first kappa shape index (κ1) is 25.7. The Hall–Kier alpha value is -2.98. The van der Waals surface area contributed by atoms with Gasteiger partial charge in [0.25, 0.3) is 0 Å². The zero-order valence-corrected chi connectivity index (χ0v) is 22.4. The summed E-state index contributed by atoms with van der Waals surface area (Å²) in [6.07, 6.45) is 2.94. The third-order valence-corrected chi connectivity index (χ3v) is 7.62. The molecule has 4 atom stereocenters. The Balaban J connectivity index is 1.33. The molecule has 1 aromatic carbocycles. The summed E-state index contributed by atoms with van der Waals surface area (Å²) in [4.78, 5) is 21.7. The van der Waals surface area contributed by atoms with Crippen molar-refractivity contribution in [3.8, 4) is 0 Å². The fourth-order valence-corrected chi connectivity index (χ4v) is 5.56. The van der Waals surface area contributed by atoms with E-state index < -0.39 is 5.60 Å². The van der Waals surface area contributed by atoms with E-state index in [2.05, 4.69) is 50.3 Å². The maximum atomic E-state index is 12.6. The summed E-state index contributed by atoms with van der Waals surface area (Å²) in [5.74, 6) is 3.20. The molecule has 37 heavy (non-hydrogen) atoms. The summed E-state index contributed by atoms with van der Waals surface area (Å²) in [6, 6.07) is 11.2. The highest BCUT2D eigenvalue weighted by atomic mass is 16.6. The first-order chi connectivity index (χ1) is 17.8. The van der Waals surface area contributed by atoms with Crippen LogP contribution in [-0.2, 0) is 11.3 Å². The number of carbonyl (C=O) groups excluding carboxylic acids is 1. The van der Waals surface area contributed by atoms with Crippen LogP contribution < -0.4 is 21.1 Å². The van der Waals surface area contributed by atoms with Gasteiger partial charge in [0, 0.05) is 50.7 Å². The van der Waals surface area contributed by atoms with Gasteiger partial charge in [-0.15, -0.1) is 10.2 Å². The van der Waals surface area contributed by atoms with Crippen molar-refractivity contribution in [3.05, 3.63) is 41.7 Å². The second kappa shape index (κ2) is 10.8. The lowest BCUT2D eigenvalue weighted by molar-refractivity contribution is 0.0240. The number of hydrogen-bond acceptors (Lipinski definition) is 9. The topological polar surface area (TPSA) is 108 Å². The average molecular weight is 509 g/mol. The molecule has 2 aliphatic heterocycles. The number of anilines is 2. The summed E-state index contributed by atoms with van der Waals surface area (Å²) in [5.41, 5.74) is 7.51. The van der Waals surface area contributed by atoms with E-state index in [1.54, 1.807) is 4.90 Å². The van der Waals surface area contributed by atoms with E-state index >= 15 is 0 Å². The lowest BCUT2D eigenvalue weighted by Crippen LogP contribution is -2.50. The van der Waals surface area contributed by atoms with Crippen molar-refractivity contribution in [1.29, 1.82) is 0 Å². The smallest absolute Gasteiger partial charge is 0.410 e. The standard InChI is InChI=1S/C27H40N8O2/c1-18-21-16-20(10-11-22(21)31-30-18)23-29-25(24(33-32-23)28-17-19-8-6-5-7-9-19)34-12-14-35(15-13-34)26(36)37-27(2,3)4/h5-9,18,20-22,30-31H,10-17H2,1-4H3,(H,28,33). The Morgan fingerprint density at radius 1 is 1.08 bits per heavy atom. The molecule has 2 aromatic rings. The minimum atomic E-state index is -0.505. The van der Waals surface area contributed by atoms with Crippen molar-refractivity contribution < 1.29 is 9.53 Å². The predicted molar refractivity (Wildman–Crippen MR) is 143 cm³/mol. The number of piperazine rings is 1. The van der Waals surface area contributed by atoms with Gasteiger partial charge in [-0.3, -0.25) is 10.9 Å². The summed E-state index contributed by atoms with van der Waals surface area (Å²) < 4.78 is 5.58. The average Bonchev–Trinajstić information content (AvgIpc) is 3.27. The van der Waals surface area contributed by atoms with Crippen LogP contribution in [0.2, 0.25) is 0 Å². The summed E-state index contributed by atoms with van der Waals surface area (Å²) in [5, 5.41) is 12.7. The monoisotopic (exact) mass is 508 g/mol. The van der Waals surface area contributed by atoms with Crippen LogP contribution >= 0.6 is 0 Å². The Labute approximate surface area is 219 Å². The zero-order chi connectivity index (χ0) is 26.0. The van der Waals surface area contributed by atoms with Crippen LogP contribution in [0.5, 0.6) is 0 Å². The Morgan fingerprint density at radius 2 is 1.84 bits per heavy atom. The molecule has 0 bridgehead atoms. The lowest BCUT2D eigenvalue weighted by atomic mass is 9.76. The first-order valence-corrected chi connectivity index (χ1v) is 13.5. The van der Waals surface area contributed by atoms with Crippen LogP contribution in [0.15, 0.2) is 30.3 Å². The van der Waals surface area contributed by atoms with Gasteiger partial charge in [0.05, 0.1) is 0 Å². The van der Waals surface area contributed by atoms with Crippen molar-refractivity contribution in [1.82, 2.24) is 30.9 Å². The van der Waals surface area contributed by atoms with Gasteiger partial charge in [0.1, 0.15) is 5.60 Å². The van der Waals surface area contributed by atoms with Crippen molar-refractivity contribution in [2.24, 2.45) is 5.92 Å². The number of aromatic nitrogens is 3. The highest BCUT2D eigenvalue weighted by Gasteiger charge is 2.40. The molecule has 200 valence electrons. The van der Waals surface area contributed by atoms with Gasteiger partial charge in [-0.25, -0.2) is 9.78 Å². The van der Waals surface area contributed by atoms with Crippen molar-refractivity contribution in [2.45, 2.75) is 77.1 Å². The number of ether oxygens (including phenoxy) is 1. The number of fused-ring (bicyclic) bond motifs is 1. The molecule has 3 aliphatic rings. The molecule has 0 spiro atoms. The number of hydrogen-bond donors (Lipinski definition) is 3. The number of amides is 1. The molecule has 3 N–H and O–H groups in total. The summed E-state index contributed by atoms with van der Waals surface area (Å²) >= 11 is 0. The largest absolute Gasteiger partial charge is 0.444 e. The third-order valence-electron chi connectivity index (χ3n) is 7.62. The van der Waals surface area contributed by atoms with Crippen molar-refractivity contribution in [2.75, 3.05) is 36.4 Å². The third kappa shape index (κ3) is 6.13. The Bertz CT molecular complexity index is 1070. The van der Waals surface area contributed by atoms with Gasteiger partial charge in [-0.1, -0.05) is 30.3 Å². The molecule has 4 unspecified atom stereocenters. The molecular weight excluding hydrogens is 468 g/mol. The van der Waals surface area contributed by atoms with E-state index in [4.69, 9.17) is 9.72 Å². The molecular formula is C27H40N8O2. The molecule has 1 aliphatic carbocycles. The number of hydrazine groups is 1. The fraction of sp³-hybridized carbons (Fsp3) is 0.630. The number of rotatable bonds is 5. The fourth-order valence-electron chi connectivity index (χ4n) is 5.56. The number of carbonyl (C=O) groups is 1. The van der Waals surface area contributed by atoms with Gasteiger partial charge in [0.2, 0.25) is 0 Å². The summed E-state index contributed by atoms with van der Waals surface area (Å²) in [7, 11) is 0. The highest BCUT2D eigenvalue weighted by molar-refractivity contribution is 5.69. The maximum Gasteiger partial charge on any atom is 0.410 e. The molecule has 0 radical (unpaired) electrons. The van der Waals surface area contributed by atoms with Crippen LogP contribution in [0.4, 0.5) is 16.4 Å². The second-order valence-electron chi connectivity index (χ2n) is 11.5. The number of nitrogens with zero attached hydrogens (tertiary/aromatic N) is 5. The van der Waals surface area contributed by atoms with E-state index in [0.717, 1.165) is 30.9 Å². The minimum absolute atomic E-state index is 0.263. The predicted octanol–water partition coefficient (Wildman–Crippen LogP) is 3.29. The molecule has 2 saturated heterocycles. The molecule has 1 aromatic heterocycles.